The Balaban J connectivity index is 1.54. The van der Waals surface area contributed by atoms with Gasteiger partial charge in [-0.3, -0.25) is 4.79 Å². The van der Waals surface area contributed by atoms with Crippen LogP contribution in [0.15, 0.2) is 35.2 Å². The number of oxazole rings is 1. The van der Waals surface area contributed by atoms with Crippen LogP contribution < -0.4 is 4.74 Å². The van der Waals surface area contributed by atoms with Gasteiger partial charge in [-0.25, -0.2) is 4.98 Å². The van der Waals surface area contributed by atoms with Gasteiger partial charge in [-0.1, -0.05) is 6.07 Å². The maximum absolute atomic E-state index is 12.4. The van der Waals surface area contributed by atoms with Crippen LogP contribution in [0.4, 0.5) is 0 Å². The van der Waals surface area contributed by atoms with Crippen LogP contribution in [0.3, 0.4) is 0 Å². The lowest BCUT2D eigenvalue weighted by Gasteiger charge is -2.45. The number of amides is 1. The zero-order chi connectivity index (χ0) is 16.6. The van der Waals surface area contributed by atoms with Gasteiger partial charge in [0.15, 0.2) is 6.39 Å². The van der Waals surface area contributed by atoms with Crippen molar-refractivity contribution in [2.75, 3.05) is 26.8 Å². The van der Waals surface area contributed by atoms with E-state index < -0.39 is 0 Å². The molecule has 2 aromatic rings. The number of carbonyl (C=O) groups excluding carboxylic acids is 1. The van der Waals surface area contributed by atoms with E-state index in [2.05, 4.69) is 17.1 Å². The zero-order valence-electron chi connectivity index (χ0n) is 13.7. The van der Waals surface area contributed by atoms with Gasteiger partial charge >= 0.3 is 0 Å². The maximum Gasteiger partial charge on any atom is 0.291 e. The van der Waals surface area contributed by atoms with Gasteiger partial charge < -0.3 is 18.8 Å². The number of aromatic nitrogens is 1. The van der Waals surface area contributed by atoms with Gasteiger partial charge in [0.2, 0.25) is 5.76 Å². The van der Waals surface area contributed by atoms with Crippen LogP contribution >= 0.6 is 0 Å². The molecule has 24 heavy (non-hydrogen) atoms. The normalized spacial score (nSPS) is 19.1. The van der Waals surface area contributed by atoms with Gasteiger partial charge in [0.05, 0.1) is 25.5 Å². The van der Waals surface area contributed by atoms with Gasteiger partial charge in [-0.15, -0.1) is 0 Å². The molecule has 0 bridgehead atoms. The van der Waals surface area contributed by atoms with E-state index in [1.54, 1.807) is 7.11 Å². The number of likely N-dealkylation sites (tertiary alicyclic amines) is 1. The molecule has 1 fully saturated rings. The summed E-state index contributed by atoms with van der Waals surface area (Å²) in [5.41, 5.74) is 2.23. The molecule has 6 heteroatoms. The van der Waals surface area contributed by atoms with Crippen LogP contribution in [-0.2, 0) is 16.8 Å². The molecule has 1 spiro atoms. The highest BCUT2D eigenvalue weighted by Gasteiger charge is 2.42. The summed E-state index contributed by atoms with van der Waals surface area (Å²) >= 11 is 0. The van der Waals surface area contributed by atoms with Crippen molar-refractivity contribution in [3.63, 3.8) is 0 Å². The Kier molecular flexibility index (Phi) is 3.76. The number of fused-ring (bicyclic) bond motifs is 2. The second kappa shape index (κ2) is 5.94. The average molecular weight is 328 g/mol. The topological polar surface area (TPSA) is 64.8 Å². The van der Waals surface area contributed by atoms with Crippen LogP contribution in [0.25, 0.3) is 0 Å². The molecule has 0 radical (unpaired) electrons. The smallest absolute Gasteiger partial charge is 0.291 e. The molecule has 0 aliphatic carbocycles. The number of hydrogen-bond acceptors (Lipinski definition) is 5. The number of carbonyl (C=O) groups is 1. The number of piperidine rings is 1. The Bertz CT molecular complexity index is 733. The quantitative estimate of drug-likeness (QED) is 0.847. The predicted molar refractivity (Wildman–Crippen MR) is 86.0 cm³/mol. The highest BCUT2D eigenvalue weighted by Crippen LogP contribution is 2.42. The molecule has 0 saturated carbocycles. The highest BCUT2D eigenvalue weighted by molar-refractivity contribution is 5.91. The first-order valence-corrected chi connectivity index (χ1v) is 8.21. The summed E-state index contributed by atoms with van der Waals surface area (Å²) in [5.74, 6) is 1.07. The van der Waals surface area contributed by atoms with Crippen LogP contribution in [0.1, 0.15) is 34.5 Å². The Morgan fingerprint density at radius 2 is 2.17 bits per heavy atom. The lowest BCUT2D eigenvalue weighted by Crippen LogP contribution is -2.48. The average Bonchev–Trinajstić information content (AvgIpc) is 3.16. The third kappa shape index (κ3) is 2.47. The molecule has 0 N–H and O–H groups in total. The number of nitrogens with zero attached hydrogens (tertiary/aromatic N) is 2. The largest absolute Gasteiger partial charge is 0.497 e. The summed E-state index contributed by atoms with van der Waals surface area (Å²) in [6, 6.07) is 6.20. The molecule has 0 unspecified atom stereocenters. The Labute approximate surface area is 140 Å². The van der Waals surface area contributed by atoms with E-state index in [4.69, 9.17) is 13.9 Å². The summed E-state index contributed by atoms with van der Waals surface area (Å²) in [6.45, 7) is 1.99. The van der Waals surface area contributed by atoms with Crippen molar-refractivity contribution in [2.45, 2.75) is 24.9 Å². The third-order valence-electron chi connectivity index (χ3n) is 5.05. The molecule has 126 valence electrons. The van der Waals surface area contributed by atoms with E-state index >= 15 is 0 Å². The Hall–Kier alpha value is -2.34. The Morgan fingerprint density at radius 1 is 1.33 bits per heavy atom. The van der Waals surface area contributed by atoms with Crippen molar-refractivity contribution < 1.29 is 18.7 Å². The second-order valence-electron chi connectivity index (χ2n) is 6.27. The summed E-state index contributed by atoms with van der Waals surface area (Å²) in [6.07, 6.45) is 5.21. The van der Waals surface area contributed by atoms with E-state index in [9.17, 15) is 4.79 Å². The van der Waals surface area contributed by atoms with Crippen molar-refractivity contribution in [2.24, 2.45) is 0 Å². The third-order valence-corrected chi connectivity index (χ3v) is 5.05. The summed E-state index contributed by atoms with van der Waals surface area (Å²) in [7, 11) is 1.68. The number of ether oxygens (including phenoxy) is 2. The van der Waals surface area contributed by atoms with Crippen LogP contribution in [-0.4, -0.2) is 42.6 Å². The fourth-order valence-corrected chi connectivity index (χ4v) is 3.74. The molecule has 1 amide bonds. The van der Waals surface area contributed by atoms with Crippen molar-refractivity contribution in [1.29, 1.82) is 0 Å². The van der Waals surface area contributed by atoms with Crippen LogP contribution in [0.5, 0.6) is 5.75 Å². The molecule has 2 aliphatic heterocycles. The fourth-order valence-electron chi connectivity index (χ4n) is 3.74. The van der Waals surface area contributed by atoms with E-state index in [-0.39, 0.29) is 11.5 Å². The maximum atomic E-state index is 12.4. The van der Waals surface area contributed by atoms with E-state index in [0.29, 0.717) is 25.5 Å². The van der Waals surface area contributed by atoms with Crippen molar-refractivity contribution >= 4 is 5.91 Å². The van der Waals surface area contributed by atoms with Crippen LogP contribution in [0.2, 0.25) is 0 Å². The molecule has 1 aromatic carbocycles. The van der Waals surface area contributed by atoms with Gasteiger partial charge in [-0.2, -0.15) is 0 Å². The van der Waals surface area contributed by atoms with E-state index in [0.717, 1.165) is 25.0 Å². The molecular weight excluding hydrogens is 308 g/mol. The lowest BCUT2D eigenvalue weighted by molar-refractivity contribution is -0.0937. The SMILES string of the molecule is COc1ccc2c(c1)CCOC21CCN(C(=O)c2cnco2)CC1. The monoisotopic (exact) mass is 328 g/mol. The predicted octanol–water partition coefficient (Wildman–Crippen LogP) is 2.39. The molecular formula is C18H20N2O4. The van der Waals surface area contributed by atoms with Gasteiger partial charge in [0.1, 0.15) is 5.75 Å². The van der Waals surface area contributed by atoms with Crippen molar-refractivity contribution in [3.05, 3.63) is 47.7 Å². The van der Waals surface area contributed by atoms with E-state index in [1.807, 2.05) is 11.0 Å². The van der Waals surface area contributed by atoms with Crippen molar-refractivity contribution in [1.82, 2.24) is 9.88 Å². The summed E-state index contributed by atoms with van der Waals surface area (Å²) < 4.78 is 16.7. The zero-order valence-corrected chi connectivity index (χ0v) is 13.7. The lowest BCUT2D eigenvalue weighted by atomic mass is 9.79. The first-order chi connectivity index (χ1) is 11.7. The molecule has 3 heterocycles. The minimum absolute atomic E-state index is 0.104. The molecule has 6 nitrogen and oxygen atoms in total. The fraction of sp³-hybridized carbons (Fsp3) is 0.444. The standard InChI is InChI=1S/C18H20N2O4/c1-22-14-2-3-15-13(10-14)4-9-24-18(15)5-7-20(8-6-18)17(21)16-11-19-12-23-16/h2-3,10-12H,4-9H2,1H3. The van der Waals surface area contributed by atoms with E-state index in [1.165, 1.54) is 23.7 Å². The number of methoxy groups -OCH3 is 1. The summed E-state index contributed by atoms with van der Waals surface area (Å²) in [5, 5.41) is 0. The second-order valence-corrected chi connectivity index (χ2v) is 6.27. The molecule has 1 saturated heterocycles. The minimum atomic E-state index is -0.294. The number of hydrogen-bond donors (Lipinski definition) is 0. The molecule has 1 aromatic heterocycles. The number of rotatable bonds is 2. The van der Waals surface area contributed by atoms with Gasteiger partial charge in [-0.05, 0) is 42.5 Å². The molecule has 4 rings (SSSR count). The summed E-state index contributed by atoms with van der Waals surface area (Å²) in [4.78, 5) is 18.0. The molecule has 0 atom stereocenters. The van der Waals surface area contributed by atoms with Gasteiger partial charge in [0, 0.05) is 13.1 Å². The van der Waals surface area contributed by atoms with Gasteiger partial charge in [0.25, 0.3) is 5.91 Å². The molecule has 2 aliphatic rings. The minimum Gasteiger partial charge on any atom is -0.497 e. The van der Waals surface area contributed by atoms with Crippen LogP contribution in [0, 0.1) is 0 Å². The first-order valence-electron chi connectivity index (χ1n) is 8.21. The Morgan fingerprint density at radius 3 is 2.88 bits per heavy atom. The first kappa shape index (κ1) is 15.2. The highest BCUT2D eigenvalue weighted by atomic mass is 16.5. The number of benzene rings is 1. The van der Waals surface area contributed by atoms with Crippen molar-refractivity contribution in [3.8, 4) is 5.75 Å².